The first-order chi connectivity index (χ1) is 9.70. The minimum Gasteiger partial charge on any atom is -0.480 e. The van der Waals surface area contributed by atoms with Gasteiger partial charge in [-0.05, 0) is 25.9 Å². The molecule has 1 N–H and O–H groups in total. The summed E-state index contributed by atoms with van der Waals surface area (Å²) < 4.78 is 0. The molecule has 0 atom stereocenters. The molecule has 0 aliphatic heterocycles. The number of carbonyl (C=O) groups is 1. The second kappa shape index (κ2) is 14.8. The average molecular weight is 285 g/mol. The maximum absolute atomic E-state index is 10.7. The quantitative estimate of drug-likeness (QED) is 0.443. The van der Waals surface area contributed by atoms with E-state index in [4.69, 9.17) is 5.11 Å². The van der Waals surface area contributed by atoms with Crippen LogP contribution < -0.4 is 0 Å². The first-order valence-corrected chi connectivity index (χ1v) is 8.64. The summed E-state index contributed by atoms with van der Waals surface area (Å²) in [5.74, 6) is -0.703. The highest BCUT2D eigenvalue weighted by atomic mass is 16.4. The molecule has 0 aromatic carbocycles. The van der Waals surface area contributed by atoms with Gasteiger partial charge in [0.15, 0.2) is 0 Å². The van der Waals surface area contributed by atoms with Crippen LogP contribution in [-0.2, 0) is 4.79 Å². The van der Waals surface area contributed by atoms with Gasteiger partial charge in [0, 0.05) is 0 Å². The fraction of sp³-hybridized carbons (Fsp3) is 0.941. The second-order valence-corrected chi connectivity index (χ2v) is 5.85. The zero-order valence-corrected chi connectivity index (χ0v) is 13.7. The van der Waals surface area contributed by atoms with Crippen molar-refractivity contribution in [2.45, 2.75) is 84.5 Å². The molecular weight excluding hydrogens is 250 g/mol. The third-order valence-corrected chi connectivity index (χ3v) is 3.73. The lowest BCUT2D eigenvalue weighted by atomic mass is 10.1. The van der Waals surface area contributed by atoms with E-state index < -0.39 is 5.97 Å². The lowest BCUT2D eigenvalue weighted by Gasteiger charge is -2.19. The standard InChI is InChI=1S/C17H35NO2/c1-3-5-6-7-8-9-10-11-12-13-15-18(14-4-2)16-17(19)20/h3-16H2,1-2H3,(H,19,20). The maximum Gasteiger partial charge on any atom is 0.317 e. The number of carboxylic acid groups (broad SMARTS) is 1. The van der Waals surface area contributed by atoms with Crippen LogP contribution in [-0.4, -0.2) is 35.6 Å². The summed E-state index contributed by atoms with van der Waals surface area (Å²) in [6, 6.07) is 0. The Bertz CT molecular complexity index is 219. The molecular formula is C17H35NO2. The van der Waals surface area contributed by atoms with Crippen LogP contribution in [0.15, 0.2) is 0 Å². The summed E-state index contributed by atoms with van der Waals surface area (Å²) in [6.07, 6.45) is 14.3. The van der Waals surface area contributed by atoms with Crippen LogP contribution >= 0.6 is 0 Å². The van der Waals surface area contributed by atoms with E-state index >= 15 is 0 Å². The van der Waals surface area contributed by atoms with Gasteiger partial charge in [-0.25, -0.2) is 0 Å². The van der Waals surface area contributed by atoms with Gasteiger partial charge in [-0.15, -0.1) is 0 Å². The number of hydrogen-bond acceptors (Lipinski definition) is 2. The van der Waals surface area contributed by atoms with Crippen molar-refractivity contribution < 1.29 is 9.90 Å². The number of nitrogens with zero attached hydrogens (tertiary/aromatic N) is 1. The number of rotatable bonds is 15. The molecule has 20 heavy (non-hydrogen) atoms. The summed E-state index contributed by atoms with van der Waals surface area (Å²) >= 11 is 0. The molecule has 0 aromatic heterocycles. The third kappa shape index (κ3) is 13.9. The number of unbranched alkanes of at least 4 members (excludes halogenated alkanes) is 9. The SMILES string of the molecule is CCCCCCCCCCCCN(CCC)CC(=O)O. The van der Waals surface area contributed by atoms with Gasteiger partial charge in [-0.3, -0.25) is 9.69 Å². The molecule has 0 saturated carbocycles. The van der Waals surface area contributed by atoms with E-state index in [0.29, 0.717) is 0 Å². The van der Waals surface area contributed by atoms with Crippen LogP contribution in [0.5, 0.6) is 0 Å². The molecule has 0 aliphatic rings. The van der Waals surface area contributed by atoms with E-state index in [1.165, 1.54) is 57.8 Å². The van der Waals surface area contributed by atoms with Crippen molar-refractivity contribution in [2.75, 3.05) is 19.6 Å². The minimum absolute atomic E-state index is 0.200. The molecule has 0 rings (SSSR count). The van der Waals surface area contributed by atoms with E-state index in [2.05, 4.69) is 18.7 Å². The van der Waals surface area contributed by atoms with Gasteiger partial charge >= 0.3 is 5.97 Å². The van der Waals surface area contributed by atoms with Crippen LogP contribution in [0, 0.1) is 0 Å². The van der Waals surface area contributed by atoms with Gasteiger partial charge < -0.3 is 5.11 Å². The molecule has 3 nitrogen and oxygen atoms in total. The molecule has 0 saturated heterocycles. The molecule has 0 radical (unpaired) electrons. The van der Waals surface area contributed by atoms with Crippen LogP contribution in [0.1, 0.15) is 84.5 Å². The average Bonchev–Trinajstić information content (AvgIpc) is 2.40. The largest absolute Gasteiger partial charge is 0.480 e. The summed E-state index contributed by atoms with van der Waals surface area (Å²) in [5, 5.41) is 8.83. The highest BCUT2D eigenvalue weighted by molar-refractivity contribution is 5.69. The van der Waals surface area contributed by atoms with Gasteiger partial charge in [0.2, 0.25) is 0 Å². The summed E-state index contributed by atoms with van der Waals surface area (Å²) in [5.41, 5.74) is 0. The van der Waals surface area contributed by atoms with Crippen molar-refractivity contribution in [1.29, 1.82) is 0 Å². The first-order valence-electron chi connectivity index (χ1n) is 8.64. The lowest BCUT2D eigenvalue weighted by Crippen LogP contribution is -2.31. The number of carboxylic acids is 1. The Hall–Kier alpha value is -0.570. The zero-order valence-electron chi connectivity index (χ0n) is 13.7. The number of aliphatic carboxylic acids is 1. The van der Waals surface area contributed by atoms with Gasteiger partial charge in [0.1, 0.15) is 0 Å². The number of hydrogen-bond donors (Lipinski definition) is 1. The second-order valence-electron chi connectivity index (χ2n) is 5.85. The Morgan fingerprint density at radius 3 is 1.70 bits per heavy atom. The molecule has 0 spiro atoms. The monoisotopic (exact) mass is 285 g/mol. The van der Waals surface area contributed by atoms with Crippen molar-refractivity contribution in [3.63, 3.8) is 0 Å². The van der Waals surface area contributed by atoms with Crippen LogP contribution in [0.3, 0.4) is 0 Å². The van der Waals surface area contributed by atoms with Gasteiger partial charge in [-0.2, -0.15) is 0 Å². The van der Waals surface area contributed by atoms with Crippen molar-refractivity contribution in [3.05, 3.63) is 0 Å². The topological polar surface area (TPSA) is 40.5 Å². The highest BCUT2D eigenvalue weighted by Gasteiger charge is 2.07. The summed E-state index contributed by atoms with van der Waals surface area (Å²) in [4.78, 5) is 12.8. The summed E-state index contributed by atoms with van der Waals surface area (Å²) in [6.45, 7) is 6.41. The van der Waals surface area contributed by atoms with Crippen LogP contribution in [0.25, 0.3) is 0 Å². The van der Waals surface area contributed by atoms with Crippen molar-refractivity contribution in [1.82, 2.24) is 4.90 Å². The van der Waals surface area contributed by atoms with E-state index in [-0.39, 0.29) is 6.54 Å². The van der Waals surface area contributed by atoms with E-state index in [0.717, 1.165) is 25.9 Å². The smallest absolute Gasteiger partial charge is 0.317 e. The molecule has 0 aromatic rings. The molecule has 3 heteroatoms. The molecule has 0 heterocycles. The van der Waals surface area contributed by atoms with Crippen LogP contribution in [0.4, 0.5) is 0 Å². The fourth-order valence-corrected chi connectivity index (χ4v) is 2.60. The molecule has 0 aliphatic carbocycles. The zero-order chi connectivity index (χ0) is 15.1. The molecule has 0 unspecified atom stereocenters. The van der Waals surface area contributed by atoms with Gasteiger partial charge in [0.05, 0.1) is 6.54 Å². The predicted octanol–water partition coefficient (Wildman–Crippen LogP) is 4.70. The third-order valence-electron chi connectivity index (χ3n) is 3.73. The van der Waals surface area contributed by atoms with Crippen molar-refractivity contribution in [2.24, 2.45) is 0 Å². The molecule has 0 bridgehead atoms. The van der Waals surface area contributed by atoms with E-state index in [1.54, 1.807) is 0 Å². The predicted molar refractivity (Wildman–Crippen MR) is 86.2 cm³/mol. The first kappa shape index (κ1) is 19.4. The Labute approximate surface area is 125 Å². The van der Waals surface area contributed by atoms with Crippen molar-refractivity contribution >= 4 is 5.97 Å². The van der Waals surface area contributed by atoms with E-state index in [9.17, 15) is 4.79 Å². The molecule has 0 fully saturated rings. The van der Waals surface area contributed by atoms with E-state index in [1.807, 2.05) is 0 Å². The Morgan fingerprint density at radius 1 is 0.750 bits per heavy atom. The van der Waals surface area contributed by atoms with Gasteiger partial charge in [0.25, 0.3) is 0 Å². The van der Waals surface area contributed by atoms with Crippen LogP contribution in [0.2, 0.25) is 0 Å². The van der Waals surface area contributed by atoms with Crippen molar-refractivity contribution in [3.8, 4) is 0 Å². The summed E-state index contributed by atoms with van der Waals surface area (Å²) in [7, 11) is 0. The Morgan fingerprint density at radius 2 is 1.25 bits per heavy atom. The lowest BCUT2D eigenvalue weighted by molar-refractivity contribution is -0.138. The fourth-order valence-electron chi connectivity index (χ4n) is 2.60. The molecule has 120 valence electrons. The minimum atomic E-state index is -0.703. The van der Waals surface area contributed by atoms with Gasteiger partial charge in [-0.1, -0.05) is 71.6 Å². The Kier molecular flexibility index (Phi) is 14.4. The Balaban J connectivity index is 3.34. The maximum atomic E-state index is 10.7. The normalized spacial score (nSPS) is 11.2. The highest BCUT2D eigenvalue weighted by Crippen LogP contribution is 2.10. The molecule has 0 amide bonds.